The summed E-state index contributed by atoms with van der Waals surface area (Å²) in [5.41, 5.74) is 12.9. The molecular formula is C78H71Cl3N16O7. The Bertz CT molecular complexity index is 5820. The van der Waals surface area contributed by atoms with Crippen LogP contribution in [0.5, 0.6) is 0 Å². The zero-order valence-electron chi connectivity index (χ0n) is 57.7. The molecule has 0 amide bonds. The van der Waals surface area contributed by atoms with Gasteiger partial charge in [-0.2, -0.15) is 9.97 Å². The number of aromatic amines is 2. The summed E-state index contributed by atoms with van der Waals surface area (Å²) < 4.78 is 4.94. The Morgan fingerprint density at radius 3 is 1.20 bits per heavy atom. The Labute approximate surface area is 609 Å². The predicted octanol–water partition coefficient (Wildman–Crippen LogP) is 14.3. The number of rotatable bonds is 12. The van der Waals surface area contributed by atoms with Crippen molar-refractivity contribution in [2.24, 2.45) is 0 Å². The van der Waals surface area contributed by atoms with Crippen molar-refractivity contribution in [2.75, 3.05) is 21.7 Å². The molecule has 526 valence electrons. The molecule has 23 nitrogen and oxygen atoms in total. The number of aryl methyl sites for hydroxylation is 4. The Kier molecular flexibility index (Phi) is 21.3. The minimum absolute atomic E-state index is 0. The van der Waals surface area contributed by atoms with Crippen LogP contribution in [-0.4, -0.2) is 64.8 Å². The molecule has 0 saturated heterocycles. The molecule has 0 bridgehead atoms. The van der Waals surface area contributed by atoms with Crippen LogP contribution in [0.15, 0.2) is 212 Å². The van der Waals surface area contributed by atoms with Crippen LogP contribution in [0.1, 0.15) is 102 Å². The molecule has 0 aliphatic heterocycles. The summed E-state index contributed by atoms with van der Waals surface area (Å²) in [6.07, 6.45) is 5.71. The number of fused-ring (bicyclic) bond motifs is 6. The summed E-state index contributed by atoms with van der Waals surface area (Å²) in [6.45, 7) is 14.6. The number of para-hydroxylation sites is 3. The van der Waals surface area contributed by atoms with Crippen LogP contribution in [-0.2, 0) is 6.42 Å². The van der Waals surface area contributed by atoms with Crippen molar-refractivity contribution in [1.29, 1.82) is 0 Å². The molecule has 14 aromatic rings. The van der Waals surface area contributed by atoms with Gasteiger partial charge in [0.2, 0.25) is 5.95 Å². The van der Waals surface area contributed by atoms with E-state index in [0.717, 1.165) is 27.8 Å². The van der Waals surface area contributed by atoms with Crippen LogP contribution in [0.3, 0.4) is 0 Å². The Hall–Kier alpha value is -12.0. The number of anilines is 4. The third kappa shape index (κ3) is 14.1. The van der Waals surface area contributed by atoms with Crippen LogP contribution in [0.4, 0.5) is 23.4 Å². The first-order chi connectivity index (χ1) is 49.0. The van der Waals surface area contributed by atoms with Crippen LogP contribution >= 0.6 is 34.8 Å². The number of H-pyrrole nitrogens is 2. The Balaban J connectivity index is 0.000000155. The van der Waals surface area contributed by atoms with Gasteiger partial charge in [-0.15, -0.1) is 0 Å². The zero-order chi connectivity index (χ0) is 71.9. The highest BCUT2D eigenvalue weighted by Crippen LogP contribution is 2.34. The normalized spacial score (nSPS) is 12.6. The molecule has 6 aromatic carbocycles. The molecule has 3 unspecified atom stereocenters. The number of pyridine rings is 5. The summed E-state index contributed by atoms with van der Waals surface area (Å²) in [4.78, 5) is 112. The van der Waals surface area contributed by atoms with Gasteiger partial charge in [0.05, 0.1) is 60.6 Å². The largest absolute Gasteiger partial charge is 0.412 e. The number of carbonyl (C=O) groups excluding carboxylic acids is 1. The monoisotopic (exact) mass is 1450 g/mol. The summed E-state index contributed by atoms with van der Waals surface area (Å²) >= 11 is 19.2. The second-order valence-electron chi connectivity index (χ2n) is 24.8. The summed E-state index contributed by atoms with van der Waals surface area (Å²) in [5, 5.41) is 15.5. The van der Waals surface area contributed by atoms with Gasteiger partial charge in [-0.1, -0.05) is 132 Å². The fourth-order valence-electron chi connectivity index (χ4n) is 12.8. The lowest BCUT2D eigenvalue weighted by Gasteiger charge is -2.24. The molecule has 8 heterocycles. The third-order valence-corrected chi connectivity index (χ3v) is 18.7. The van der Waals surface area contributed by atoms with Gasteiger partial charge in [0.25, 0.3) is 16.7 Å². The van der Waals surface area contributed by atoms with Gasteiger partial charge in [-0.25, -0.2) is 19.9 Å². The quantitative estimate of drug-likeness (QED) is 0.0597. The van der Waals surface area contributed by atoms with Gasteiger partial charge >= 0.3 is 0 Å². The number of nitrogens with two attached hydrogens (primary N) is 1. The maximum Gasteiger partial charge on any atom is 0.264 e. The molecule has 0 saturated carbocycles. The SMILES string of the molecule is CC1=CCc2nc(C)nc(NC(C)c3cc4cccc(Cl)c4c(=O)n3-c3ccccc3)c2C1=O.Cc1c[nH]c2nc(N)nc(NC(C)c3cc4cccc(Cl)c4c(=O)n3-c3ccccc3)c2c1=O.Cc1nc(NC(C)c2cc3cccc(Cl)c3c(=O)n2-c2ccccc2)c2c(=O)c(C)c[nH]c2n1.N.O. The molecular weight excluding hydrogens is 1380 g/mol. The van der Waals surface area contributed by atoms with Gasteiger partial charge in [-0.3, -0.25) is 42.5 Å². The van der Waals surface area contributed by atoms with Gasteiger partial charge < -0.3 is 43.3 Å². The minimum Gasteiger partial charge on any atom is -0.412 e. The van der Waals surface area contributed by atoms with E-state index < -0.39 is 6.04 Å². The van der Waals surface area contributed by atoms with Crippen LogP contribution < -0.4 is 55.4 Å². The number of hydrogen-bond acceptors (Lipinski definition) is 17. The first kappa shape index (κ1) is 73.2. The molecule has 1 aliphatic carbocycles. The first-order valence-corrected chi connectivity index (χ1v) is 33.8. The van der Waals surface area contributed by atoms with E-state index in [-0.39, 0.29) is 63.0 Å². The highest BCUT2D eigenvalue weighted by molar-refractivity contribution is 6.36. The van der Waals surface area contributed by atoms with Crippen molar-refractivity contribution in [1.82, 2.24) is 59.7 Å². The molecule has 15 rings (SSSR count). The van der Waals surface area contributed by atoms with Crippen molar-refractivity contribution in [3.05, 3.63) is 306 Å². The van der Waals surface area contributed by atoms with Gasteiger partial charge in [-0.05, 0) is 150 Å². The number of nitrogen functional groups attached to an aromatic ring is 1. The van der Waals surface area contributed by atoms with Crippen LogP contribution in [0, 0.1) is 27.7 Å². The molecule has 1 aliphatic rings. The molecule has 104 heavy (non-hydrogen) atoms. The van der Waals surface area contributed by atoms with Crippen LogP contribution in [0.25, 0.3) is 71.4 Å². The van der Waals surface area contributed by atoms with Crippen molar-refractivity contribution >= 4 is 118 Å². The van der Waals surface area contributed by atoms with E-state index in [9.17, 15) is 28.8 Å². The number of aromatic nitrogens is 11. The number of Topliss-reactive ketones (excluding diaryl/α,β-unsaturated/α-hetero) is 1. The van der Waals surface area contributed by atoms with E-state index in [1.54, 1.807) is 78.1 Å². The van der Waals surface area contributed by atoms with E-state index >= 15 is 0 Å². The Morgan fingerprint density at radius 2 is 0.798 bits per heavy atom. The fourth-order valence-corrected chi connectivity index (χ4v) is 13.6. The first-order valence-electron chi connectivity index (χ1n) is 32.6. The topological polar surface area (TPSA) is 355 Å². The number of halogens is 3. The lowest BCUT2D eigenvalue weighted by molar-refractivity contribution is 0.103. The smallest absolute Gasteiger partial charge is 0.264 e. The van der Waals surface area contributed by atoms with E-state index in [4.69, 9.17) is 40.5 Å². The van der Waals surface area contributed by atoms with Gasteiger partial charge in [0.15, 0.2) is 16.6 Å². The number of nitrogens with one attached hydrogen (secondary N) is 5. The molecule has 8 aromatic heterocycles. The number of ketones is 1. The summed E-state index contributed by atoms with van der Waals surface area (Å²) in [7, 11) is 0. The third-order valence-electron chi connectivity index (χ3n) is 17.8. The van der Waals surface area contributed by atoms with Crippen molar-refractivity contribution in [2.45, 2.75) is 79.9 Å². The second-order valence-corrected chi connectivity index (χ2v) is 26.0. The number of carbonyl (C=O) groups is 1. The van der Waals surface area contributed by atoms with Crippen molar-refractivity contribution < 1.29 is 10.3 Å². The van der Waals surface area contributed by atoms with E-state index in [0.29, 0.717) is 139 Å². The van der Waals surface area contributed by atoms with Crippen molar-refractivity contribution in [3.63, 3.8) is 0 Å². The number of hydrogen-bond donors (Lipinski definition) is 7. The highest BCUT2D eigenvalue weighted by Gasteiger charge is 2.28. The Morgan fingerprint density at radius 1 is 0.442 bits per heavy atom. The zero-order valence-corrected chi connectivity index (χ0v) is 59.9. The van der Waals surface area contributed by atoms with Gasteiger partial charge in [0.1, 0.15) is 51.2 Å². The fraction of sp³-hybridized carbons (Fsp3) is 0.154. The average molecular weight is 1450 g/mol. The standard InChI is InChI=1S/C27H23ClN4O2.C26H22ClN5O2.C25H21ClN6O2.H3N.H2O/c1-15-12-13-21-24(25(15)33)26(31-17(3)30-21)29-16(2)22-14-18-8-7-11-20(28)23(18)27(34)32(22)19-9-5-4-6-10-19;1-14-13-28-24-22(23(14)33)25(31-16(3)30-24)29-15(2)20-12-17-8-7-11-19(27)21(17)26(34)32(20)18-9-5-4-6-10-18;1-13-12-28-22-20(21(13)33)23(31-25(27)30-22)29-14(2)18-11-15-7-6-10-17(26)19(15)24(34)32(18)16-8-4-3-5-9-16;;/h4-12,14,16H,13H2,1-3H3,(H,29,30,31);4-13,15H,1-3H3,(H2,28,29,30,31,33);3-12,14H,1-2H3,(H4,27,28,29,30,31,33);1H3;1H2. The minimum atomic E-state index is -0.436. The van der Waals surface area contributed by atoms with Crippen molar-refractivity contribution in [3.8, 4) is 17.1 Å². The lowest BCUT2D eigenvalue weighted by Crippen LogP contribution is -2.27. The molecule has 26 heteroatoms. The number of nitrogens with zero attached hydrogens (tertiary/aromatic N) is 9. The maximum atomic E-state index is 13.7. The highest BCUT2D eigenvalue weighted by atomic mass is 35.5. The molecule has 0 spiro atoms. The summed E-state index contributed by atoms with van der Waals surface area (Å²) in [5.74, 6) is 2.23. The van der Waals surface area contributed by atoms with Crippen LogP contribution in [0.2, 0.25) is 15.1 Å². The van der Waals surface area contributed by atoms with E-state index in [1.165, 1.54) is 0 Å². The maximum absolute atomic E-state index is 13.7. The van der Waals surface area contributed by atoms with E-state index in [1.807, 2.05) is 173 Å². The predicted molar refractivity (Wildman–Crippen MR) is 416 cm³/mol. The summed E-state index contributed by atoms with van der Waals surface area (Å²) in [6, 6.07) is 49.0. The molecule has 0 fully saturated rings. The average Bonchev–Trinajstić information content (AvgIpc) is 0.763. The molecule has 0 radical (unpaired) electrons. The van der Waals surface area contributed by atoms with Gasteiger partial charge in [0, 0.05) is 64.1 Å². The molecule has 12 N–H and O–H groups in total. The molecule has 3 atom stereocenters. The number of allylic oxidation sites excluding steroid dienone is 2. The van der Waals surface area contributed by atoms with E-state index in [2.05, 4.69) is 55.8 Å². The lowest BCUT2D eigenvalue weighted by atomic mass is 9.95. The second kappa shape index (κ2) is 30.3. The number of benzene rings is 6.